The maximum absolute atomic E-state index is 13.5. The second-order valence-corrected chi connectivity index (χ2v) is 11.6. The van der Waals surface area contributed by atoms with Gasteiger partial charge in [0.1, 0.15) is 0 Å². The van der Waals surface area contributed by atoms with Crippen LogP contribution in [0.15, 0.2) is 30.5 Å². The molecule has 202 valence electrons. The molecule has 0 bridgehead atoms. The molecule has 0 aliphatic carbocycles. The van der Waals surface area contributed by atoms with Gasteiger partial charge in [0.05, 0.1) is 25.0 Å². The average Bonchev–Trinajstić information content (AvgIpc) is 3.54. The number of nitrogens with zero attached hydrogens (tertiary/aromatic N) is 5. The number of sulfonamides is 1. The summed E-state index contributed by atoms with van der Waals surface area (Å²) in [6.07, 6.45) is -2.02. The van der Waals surface area contributed by atoms with Crippen LogP contribution in [0.4, 0.5) is 29.5 Å². The summed E-state index contributed by atoms with van der Waals surface area (Å²) in [5.74, 6) is 0.738. The monoisotopic (exact) mass is 542 g/mol. The number of halogens is 3. The SMILES string of the molecule is CS(=O)(=O)Nc1ccn(C(=O)N2CCN(Cc3ccc(C(F)(F)F)cc3N3CC4COCC4C3)CC2)n1. The van der Waals surface area contributed by atoms with E-state index in [9.17, 15) is 26.4 Å². The Bertz CT molecular complexity index is 1250. The van der Waals surface area contributed by atoms with E-state index in [0.29, 0.717) is 76.6 Å². The summed E-state index contributed by atoms with van der Waals surface area (Å²) in [5, 5.41) is 3.98. The van der Waals surface area contributed by atoms with Gasteiger partial charge in [0.2, 0.25) is 10.0 Å². The van der Waals surface area contributed by atoms with Crippen LogP contribution in [0.5, 0.6) is 0 Å². The first-order chi connectivity index (χ1) is 17.5. The van der Waals surface area contributed by atoms with Crippen LogP contribution >= 0.6 is 0 Å². The Morgan fingerprint density at radius 1 is 1.11 bits per heavy atom. The van der Waals surface area contributed by atoms with E-state index in [-0.39, 0.29) is 11.8 Å². The van der Waals surface area contributed by atoms with Crippen molar-refractivity contribution in [2.45, 2.75) is 12.7 Å². The van der Waals surface area contributed by atoms with Crippen molar-refractivity contribution in [3.63, 3.8) is 0 Å². The minimum Gasteiger partial charge on any atom is -0.381 e. The Hall–Kier alpha value is -2.84. The molecule has 0 spiro atoms. The summed E-state index contributed by atoms with van der Waals surface area (Å²) in [4.78, 5) is 18.6. The number of anilines is 2. The minimum absolute atomic E-state index is 0.0573. The Morgan fingerprint density at radius 2 is 1.78 bits per heavy atom. The lowest BCUT2D eigenvalue weighted by molar-refractivity contribution is -0.137. The number of hydrogen-bond donors (Lipinski definition) is 1. The lowest BCUT2D eigenvalue weighted by atomic mass is 10.0. The van der Waals surface area contributed by atoms with E-state index in [1.54, 1.807) is 11.0 Å². The quantitative estimate of drug-likeness (QED) is 0.618. The van der Waals surface area contributed by atoms with Gasteiger partial charge in [0, 0.05) is 75.6 Å². The average molecular weight is 543 g/mol. The zero-order valence-corrected chi connectivity index (χ0v) is 21.1. The minimum atomic E-state index is -4.42. The van der Waals surface area contributed by atoms with Crippen molar-refractivity contribution >= 4 is 27.6 Å². The molecule has 37 heavy (non-hydrogen) atoms. The summed E-state index contributed by atoms with van der Waals surface area (Å²) >= 11 is 0. The predicted molar refractivity (Wildman–Crippen MR) is 130 cm³/mol. The van der Waals surface area contributed by atoms with Gasteiger partial charge in [-0.1, -0.05) is 6.07 Å². The maximum Gasteiger partial charge on any atom is 0.416 e. The Morgan fingerprint density at radius 3 is 2.41 bits per heavy atom. The molecule has 5 rings (SSSR count). The summed E-state index contributed by atoms with van der Waals surface area (Å²) in [6.45, 7) is 5.04. The molecule has 2 unspecified atom stereocenters. The molecule has 0 saturated carbocycles. The molecular weight excluding hydrogens is 513 g/mol. The molecule has 2 aromatic rings. The van der Waals surface area contributed by atoms with E-state index < -0.39 is 21.8 Å². The van der Waals surface area contributed by atoms with E-state index >= 15 is 0 Å². The van der Waals surface area contributed by atoms with Crippen molar-refractivity contribution in [2.24, 2.45) is 11.8 Å². The van der Waals surface area contributed by atoms with Crippen molar-refractivity contribution in [1.82, 2.24) is 19.6 Å². The number of fused-ring (bicyclic) bond motifs is 1. The number of alkyl halides is 3. The highest BCUT2D eigenvalue weighted by Gasteiger charge is 2.39. The Labute approximate surface area is 213 Å². The maximum atomic E-state index is 13.5. The molecule has 1 aromatic heterocycles. The topological polar surface area (TPSA) is 100 Å². The highest BCUT2D eigenvalue weighted by molar-refractivity contribution is 7.92. The Balaban J connectivity index is 1.24. The molecule has 0 radical (unpaired) electrons. The molecule has 4 heterocycles. The van der Waals surface area contributed by atoms with Crippen LogP contribution < -0.4 is 9.62 Å². The zero-order chi connectivity index (χ0) is 26.4. The molecule has 3 saturated heterocycles. The van der Waals surface area contributed by atoms with Crippen molar-refractivity contribution in [3.05, 3.63) is 41.6 Å². The van der Waals surface area contributed by atoms with Gasteiger partial charge in [-0.15, -0.1) is 5.10 Å². The smallest absolute Gasteiger partial charge is 0.381 e. The molecule has 3 fully saturated rings. The van der Waals surface area contributed by atoms with Crippen LogP contribution in [-0.4, -0.2) is 92.8 Å². The summed E-state index contributed by atoms with van der Waals surface area (Å²) in [6, 6.07) is 5.00. The molecule has 1 N–H and O–H groups in total. The van der Waals surface area contributed by atoms with Gasteiger partial charge in [-0.25, -0.2) is 13.2 Å². The fourth-order valence-corrected chi connectivity index (χ4v) is 5.70. The van der Waals surface area contributed by atoms with Crippen LogP contribution in [0.1, 0.15) is 11.1 Å². The van der Waals surface area contributed by atoms with Crippen LogP contribution in [0, 0.1) is 11.8 Å². The van der Waals surface area contributed by atoms with Crippen LogP contribution in [-0.2, 0) is 27.5 Å². The summed E-state index contributed by atoms with van der Waals surface area (Å²) in [7, 11) is -3.51. The zero-order valence-electron chi connectivity index (χ0n) is 20.3. The normalized spacial score (nSPS) is 22.9. The van der Waals surface area contributed by atoms with Gasteiger partial charge < -0.3 is 14.5 Å². The van der Waals surface area contributed by atoms with E-state index in [4.69, 9.17) is 4.74 Å². The highest BCUT2D eigenvalue weighted by atomic mass is 32.2. The number of amides is 1. The number of hydrogen-bond acceptors (Lipinski definition) is 7. The standard InChI is InChI=1S/C23H29F3N6O4S/c1-37(34,35)28-21-4-5-32(27-21)22(33)30-8-6-29(7-9-30)11-16-2-3-19(23(24,25)26)10-20(16)31-12-17-14-36-15-18(17)13-31/h2-5,10,17-18H,6-9,11-15H2,1H3,(H,27,28). The largest absolute Gasteiger partial charge is 0.416 e. The van der Waals surface area contributed by atoms with Gasteiger partial charge >= 0.3 is 12.2 Å². The fourth-order valence-electron chi connectivity index (χ4n) is 5.21. The summed E-state index contributed by atoms with van der Waals surface area (Å²) < 4.78 is 72.0. The Kier molecular flexibility index (Phi) is 6.83. The van der Waals surface area contributed by atoms with E-state index in [2.05, 4.69) is 19.6 Å². The van der Waals surface area contributed by atoms with E-state index in [1.165, 1.54) is 18.3 Å². The first-order valence-electron chi connectivity index (χ1n) is 12.0. The third-order valence-electron chi connectivity index (χ3n) is 7.11. The van der Waals surface area contributed by atoms with Gasteiger partial charge in [-0.3, -0.25) is 9.62 Å². The van der Waals surface area contributed by atoms with Crippen molar-refractivity contribution in [3.8, 4) is 0 Å². The fraction of sp³-hybridized carbons (Fsp3) is 0.565. The van der Waals surface area contributed by atoms with Crippen LogP contribution in [0.3, 0.4) is 0 Å². The molecular formula is C23H29F3N6O4S. The molecule has 3 aliphatic heterocycles. The molecule has 1 aromatic carbocycles. The highest BCUT2D eigenvalue weighted by Crippen LogP contribution is 2.38. The van der Waals surface area contributed by atoms with Crippen molar-refractivity contribution < 1.29 is 31.1 Å². The number of aromatic nitrogens is 2. The lowest BCUT2D eigenvalue weighted by Gasteiger charge is -2.35. The molecule has 1 amide bonds. The van der Waals surface area contributed by atoms with Gasteiger partial charge in [-0.05, 0) is 17.7 Å². The molecule has 2 atom stereocenters. The number of piperazine rings is 1. The second kappa shape index (κ2) is 9.80. The second-order valence-electron chi connectivity index (χ2n) is 9.87. The number of carbonyl (C=O) groups is 1. The molecule has 10 nitrogen and oxygen atoms in total. The lowest BCUT2D eigenvalue weighted by Crippen LogP contribution is -2.49. The molecule has 14 heteroatoms. The number of rotatable bonds is 5. The third-order valence-corrected chi connectivity index (χ3v) is 7.69. The molecule has 3 aliphatic rings. The summed E-state index contributed by atoms with van der Waals surface area (Å²) in [5.41, 5.74) is 0.793. The van der Waals surface area contributed by atoms with Gasteiger partial charge in [-0.2, -0.15) is 17.9 Å². The number of carbonyl (C=O) groups excluding carboxylic acids is 1. The van der Waals surface area contributed by atoms with E-state index in [1.807, 2.05) is 0 Å². The predicted octanol–water partition coefficient (Wildman–Crippen LogP) is 2.14. The van der Waals surface area contributed by atoms with Gasteiger partial charge in [0.15, 0.2) is 5.82 Å². The number of ether oxygens (including phenoxy) is 1. The van der Waals surface area contributed by atoms with Crippen molar-refractivity contribution in [1.29, 1.82) is 0 Å². The number of nitrogens with one attached hydrogen (secondary N) is 1. The van der Waals surface area contributed by atoms with E-state index in [0.717, 1.165) is 22.6 Å². The third kappa shape index (κ3) is 5.85. The first-order valence-corrected chi connectivity index (χ1v) is 13.9. The van der Waals surface area contributed by atoms with Crippen molar-refractivity contribution in [2.75, 3.05) is 68.4 Å². The van der Waals surface area contributed by atoms with Gasteiger partial charge in [0.25, 0.3) is 0 Å². The number of benzene rings is 1. The first kappa shape index (κ1) is 25.8. The van der Waals surface area contributed by atoms with Crippen LogP contribution in [0.2, 0.25) is 0 Å². The van der Waals surface area contributed by atoms with Crippen LogP contribution in [0.25, 0.3) is 0 Å².